The number of amides is 1. The third-order valence-corrected chi connectivity index (χ3v) is 5.95. The van der Waals surface area contributed by atoms with E-state index in [4.69, 9.17) is 4.74 Å². The number of para-hydroxylation sites is 1. The van der Waals surface area contributed by atoms with Crippen molar-refractivity contribution in [2.24, 2.45) is 0 Å². The number of rotatable bonds is 5. The molecule has 1 aliphatic rings. The second-order valence-electron chi connectivity index (χ2n) is 7.47. The number of aryl methyl sites for hydroxylation is 1. The van der Waals surface area contributed by atoms with Crippen molar-refractivity contribution >= 4 is 39.1 Å². The molecule has 3 aromatic rings. The molecule has 1 amide bonds. The zero-order chi connectivity index (χ0) is 22.8. The highest BCUT2D eigenvalue weighted by Crippen LogP contribution is 2.43. The Morgan fingerprint density at radius 2 is 1.75 bits per heavy atom. The van der Waals surface area contributed by atoms with Crippen LogP contribution in [0, 0.1) is 6.92 Å². The van der Waals surface area contributed by atoms with Gasteiger partial charge in [0, 0.05) is 15.7 Å². The molecular formula is C26H22BrNO4. The number of hydrogen-bond acceptors (Lipinski definition) is 4. The predicted molar refractivity (Wildman–Crippen MR) is 128 cm³/mol. The van der Waals surface area contributed by atoms with Crippen LogP contribution in [0.15, 0.2) is 82.8 Å². The van der Waals surface area contributed by atoms with E-state index in [1.165, 1.54) is 4.90 Å². The number of Topliss-reactive ketones (excluding diaryl/α,β-unsaturated/α-hetero) is 1. The number of ketones is 1. The van der Waals surface area contributed by atoms with Gasteiger partial charge in [-0.15, -0.1) is 0 Å². The molecule has 5 nitrogen and oxygen atoms in total. The van der Waals surface area contributed by atoms with Crippen molar-refractivity contribution in [3.63, 3.8) is 0 Å². The summed E-state index contributed by atoms with van der Waals surface area (Å²) in [6.45, 7) is 4.26. The average molecular weight is 492 g/mol. The largest absolute Gasteiger partial charge is 0.507 e. The van der Waals surface area contributed by atoms with Gasteiger partial charge in [0.25, 0.3) is 11.7 Å². The van der Waals surface area contributed by atoms with Crippen LogP contribution in [0.5, 0.6) is 5.75 Å². The highest BCUT2D eigenvalue weighted by atomic mass is 79.9. The van der Waals surface area contributed by atoms with Gasteiger partial charge < -0.3 is 9.84 Å². The van der Waals surface area contributed by atoms with Crippen LogP contribution in [0.25, 0.3) is 5.76 Å². The van der Waals surface area contributed by atoms with Crippen molar-refractivity contribution in [1.29, 1.82) is 0 Å². The van der Waals surface area contributed by atoms with Crippen LogP contribution < -0.4 is 9.64 Å². The Kier molecular flexibility index (Phi) is 6.15. The molecule has 1 heterocycles. The normalized spacial score (nSPS) is 17.6. The minimum atomic E-state index is -0.792. The van der Waals surface area contributed by atoms with Gasteiger partial charge in [0.15, 0.2) is 0 Å². The van der Waals surface area contributed by atoms with Gasteiger partial charge >= 0.3 is 0 Å². The number of halogens is 1. The zero-order valence-corrected chi connectivity index (χ0v) is 19.3. The van der Waals surface area contributed by atoms with Gasteiger partial charge in [0.05, 0.1) is 18.2 Å². The Bertz CT molecular complexity index is 1220. The summed E-state index contributed by atoms with van der Waals surface area (Å²) in [6, 6.07) is 20.8. The number of aliphatic hydroxyl groups is 1. The highest BCUT2D eigenvalue weighted by molar-refractivity contribution is 9.10. The Balaban J connectivity index is 1.96. The number of hydrogen-bond donors (Lipinski definition) is 1. The lowest BCUT2D eigenvalue weighted by atomic mass is 9.94. The van der Waals surface area contributed by atoms with Crippen LogP contribution in [0.3, 0.4) is 0 Å². The molecule has 0 radical (unpaired) electrons. The van der Waals surface area contributed by atoms with Gasteiger partial charge in [-0.05, 0) is 55.3 Å². The van der Waals surface area contributed by atoms with Gasteiger partial charge in [-0.1, -0.05) is 58.4 Å². The van der Waals surface area contributed by atoms with Gasteiger partial charge in [-0.2, -0.15) is 0 Å². The Hall–Kier alpha value is -3.38. The van der Waals surface area contributed by atoms with Crippen molar-refractivity contribution in [1.82, 2.24) is 0 Å². The fourth-order valence-corrected chi connectivity index (χ4v) is 4.20. The molecule has 0 aliphatic carbocycles. The van der Waals surface area contributed by atoms with E-state index in [1.54, 1.807) is 36.4 Å². The quantitative estimate of drug-likeness (QED) is 0.279. The molecule has 3 aromatic carbocycles. The first kappa shape index (κ1) is 21.8. The lowest BCUT2D eigenvalue weighted by Gasteiger charge is -2.27. The minimum absolute atomic E-state index is 0.0502. The minimum Gasteiger partial charge on any atom is -0.507 e. The van der Waals surface area contributed by atoms with E-state index in [-0.39, 0.29) is 11.3 Å². The fraction of sp³-hybridized carbons (Fsp3) is 0.154. The van der Waals surface area contributed by atoms with E-state index in [9.17, 15) is 14.7 Å². The SMILES string of the molecule is CCOc1cccc(C2/C(=C(/O)c3ccc(Br)cc3)C(=O)C(=O)N2c2ccccc2C)c1. The van der Waals surface area contributed by atoms with Gasteiger partial charge in [-0.3, -0.25) is 14.5 Å². The van der Waals surface area contributed by atoms with E-state index < -0.39 is 17.7 Å². The summed E-state index contributed by atoms with van der Waals surface area (Å²) in [6.07, 6.45) is 0. The smallest absolute Gasteiger partial charge is 0.300 e. The molecule has 0 aromatic heterocycles. The predicted octanol–water partition coefficient (Wildman–Crippen LogP) is 5.78. The van der Waals surface area contributed by atoms with Crippen molar-refractivity contribution in [2.75, 3.05) is 11.5 Å². The third kappa shape index (κ3) is 3.94. The number of nitrogens with zero attached hydrogens (tertiary/aromatic N) is 1. The molecule has 32 heavy (non-hydrogen) atoms. The molecule has 0 saturated carbocycles. The molecule has 162 valence electrons. The van der Waals surface area contributed by atoms with Crippen LogP contribution in [-0.2, 0) is 9.59 Å². The monoisotopic (exact) mass is 491 g/mol. The summed E-state index contributed by atoms with van der Waals surface area (Å²) in [5.74, 6) is -0.979. The van der Waals surface area contributed by atoms with Crippen LogP contribution >= 0.6 is 15.9 Å². The number of carbonyl (C=O) groups excluding carboxylic acids is 2. The second-order valence-corrected chi connectivity index (χ2v) is 8.38. The summed E-state index contributed by atoms with van der Waals surface area (Å²) in [5.41, 5.74) is 2.66. The summed E-state index contributed by atoms with van der Waals surface area (Å²) in [4.78, 5) is 27.9. The van der Waals surface area contributed by atoms with Crippen molar-refractivity contribution in [2.45, 2.75) is 19.9 Å². The van der Waals surface area contributed by atoms with Crippen LogP contribution in [0.4, 0.5) is 5.69 Å². The van der Waals surface area contributed by atoms with Crippen molar-refractivity contribution < 1.29 is 19.4 Å². The van der Waals surface area contributed by atoms with Crippen molar-refractivity contribution in [3.8, 4) is 5.75 Å². The summed E-state index contributed by atoms with van der Waals surface area (Å²) in [7, 11) is 0. The maximum absolute atomic E-state index is 13.2. The molecule has 1 saturated heterocycles. The maximum Gasteiger partial charge on any atom is 0.300 e. The van der Waals surface area contributed by atoms with E-state index >= 15 is 0 Å². The molecule has 1 atom stereocenters. The molecule has 1 aliphatic heterocycles. The van der Waals surface area contributed by atoms with E-state index in [0.29, 0.717) is 29.2 Å². The number of anilines is 1. The average Bonchev–Trinajstić information content (AvgIpc) is 3.05. The molecule has 4 rings (SSSR count). The van der Waals surface area contributed by atoms with Crippen LogP contribution in [0.2, 0.25) is 0 Å². The Morgan fingerprint density at radius 3 is 2.44 bits per heavy atom. The van der Waals surface area contributed by atoms with E-state index in [1.807, 2.05) is 50.2 Å². The lowest BCUT2D eigenvalue weighted by Crippen LogP contribution is -2.30. The van der Waals surface area contributed by atoms with Gasteiger partial charge in [-0.25, -0.2) is 0 Å². The molecular weight excluding hydrogens is 470 g/mol. The first-order valence-corrected chi connectivity index (χ1v) is 11.1. The maximum atomic E-state index is 13.2. The number of benzene rings is 3. The molecule has 1 unspecified atom stereocenters. The molecule has 0 spiro atoms. The Morgan fingerprint density at radius 1 is 1.03 bits per heavy atom. The lowest BCUT2D eigenvalue weighted by molar-refractivity contribution is -0.132. The van der Waals surface area contributed by atoms with Crippen molar-refractivity contribution in [3.05, 3.63) is 99.5 Å². The zero-order valence-electron chi connectivity index (χ0n) is 17.7. The third-order valence-electron chi connectivity index (χ3n) is 5.42. The number of carbonyl (C=O) groups is 2. The number of ether oxygens (including phenoxy) is 1. The summed E-state index contributed by atoms with van der Waals surface area (Å²) in [5, 5.41) is 11.2. The van der Waals surface area contributed by atoms with Gasteiger partial charge in [0.2, 0.25) is 0 Å². The van der Waals surface area contributed by atoms with E-state index in [2.05, 4.69) is 15.9 Å². The standard InChI is InChI=1S/C26H22BrNO4/c1-3-32-20-9-6-8-18(15-20)23-22(24(29)17-11-13-19(27)14-12-17)25(30)26(31)28(23)21-10-5-4-7-16(21)2/h4-15,23,29H,3H2,1-2H3/b24-22-. The van der Waals surface area contributed by atoms with E-state index in [0.717, 1.165) is 10.0 Å². The second kappa shape index (κ2) is 9.01. The molecule has 1 fully saturated rings. The summed E-state index contributed by atoms with van der Waals surface area (Å²) >= 11 is 3.38. The molecule has 6 heteroatoms. The Labute approximate surface area is 195 Å². The molecule has 0 bridgehead atoms. The highest BCUT2D eigenvalue weighted by Gasteiger charge is 2.47. The first-order chi connectivity index (χ1) is 15.4. The fourth-order valence-electron chi connectivity index (χ4n) is 3.93. The van der Waals surface area contributed by atoms with Crippen LogP contribution in [-0.4, -0.2) is 23.4 Å². The number of aliphatic hydroxyl groups excluding tert-OH is 1. The first-order valence-electron chi connectivity index (χ1n) is 10.3. The molecule has 1 N–H and O–H groups in total. The van der Waals surface area contributed by atoms with Gasteiger partial charge in [0.1, 0.15) is 11.5 Å². The summed E-state index contributed by atoms with van der Waals surface area (Å²) < 4.78 is 6.49. The topological polar surface area (TPSA) is 66.8 Å². The van der Waals surface area contributed by atoms with Crippen LogP contribution in [0.1, 0.15) is 29.7 Å².